The van der Waals surface area contributed by atoms with Crippen molar-refractivity contribution >= 4 is 11.8 Å². The maximum atomic E-state index is 12.4. The van der Waals surface area contributed by atoms with Gasteiger partial charge in [-0.1, -0.05) is 30.3 Å². The number of carbonyl (C=O) groups is 2. The molecular formula is C17H26N4O2. The van der Waals surface area contributed by atoms with E-state index in [9.17, 15) is 9.59 Å². The zero-order chi connectivity index (χ0) is 16.7. The maximum absolute atomic E-state index is 12.4. The molecule has 6 nitrogen and oxygen atoms in total. The van der Waals surface area contributed by atoms with Crippen LogP contribution in [0.15, 0.2) is 30.3 Å². The summed E-state index contributed by atoms with van der Waals surface area (Å²) in [5.74, 6) is -0.337. The molecule has 0 bridgehead atoms. The smallest absolute Gasteiger partial charge is 0.246 e. The second-order valence-electron chi connectivity index (χ2n) is 5.89. The molecule has 1 aliphatic rings. The monoisotopic (exact) mass is 318 g/mol. The van der Waals surface area contributed by atoms with E-state index in [-0.39, 0.29) is 11.8 Å². The van der Waals surface area contributed by atoms with Gasteiger partial charge in [0.25, 0.3) is 0 Å². The maximum Gasteiger partial charge on any atom is 0.246 e. The summed E-state index contributed by atoms with van der Waals surface area (Å²) in [6.07, 6.45) is 2.22. The second kappa shape index (κ2) is 8.64. The molecular weight excluding hydrogens is 292 g/mol. The summed E-state index contributed by atoms with van der Waals surface area (Å²) in [6.45, 7) is 2.10. The van der Waals surface area contributed by atoms with E-state index < -0.39 is 6.04 Å². The number of nitrogens with zero attached hydrogens (tertiary/aromatic N) is 1. The third kappa shape index (κ3) is 5.04. The van der Waals surface area contributed by atoms with Gasteiger partial charge in [0.15, 0.2) is 0 Å². The lowest BCUT2D eigenvalue weighted by atomic mass is 10.1. The highest BCUT2D eigenvalue weighted by atomic mass is 16.2. The third-order valence-electron chi connectivity index (χ3n) is 4.23. The van der Waals surface area contributed by atoms with Gasteiger partial charge in [-0.25, -0.2) is 0 Å². The lowest BCUT2D eigenvalue weighted by Crippen LogP contribution is -2.49. The Balaban J connectivity index is 1.96. The normalized spacial score (nSPS) is 19.8. The molecule has 1 saturated heterocycles. The van der Waals surface area contributed by atoms with Gasteiger partial charge in [-0.05, 0) is 32.0 Å². The molecule has 126 valence electrons. The lowest BCUT2D eigenvalue weighted by molar-refractivity contribution is -0.129. The van der Waals surface area contributed by atoms with Gasteiger partial charge in [0.1, 0.15) is 6.04 Å². The first-order valence-corrected chi connectivity index (χ1v) is 8.09. The fourth-order valence-corrected chi connectivity index (χ4v) is 2.93. The molecule has 2 amide bonds. The molecule has 2 atom stereocenters. The van der Waals surface area contributed by atoms with Gasteiger partial charge >= 0.3 is 0 Å². The van der Waals surface area contributed by atoms with Gasteiger partial charge in [0, 0.05) is 19.6 Å². The molecule has 1 aromatic carbocycles. The average Bonchev–Trinajstić information content (AvgIpc) is 2.60. The second-order valence-corrected chi connectivity index (χ2v) is 5.89. The number of piperidine rings is 1. The topological polar surface area (TPSA) is 73.5 Å². The highest BCUT2D eigenvalue weighted by Crippen LogP contribution is 2.13. The average molecular weight is 318 g/mol. The minimum absolute atomic E-state index is 0.126. The Hall–Kier alpha value is -1.92. The lowest BCUT2D eigenvalue weighted by Gasteiger charge is -2.32. The first kappa shape index (κ1) is 17.4. The number of likely N-dealkylation sites (tertiary alicyclic amines) is 1. The van der Waals surface area contributed by atoms with Crippen molar-refractivity contribution in [1.29, 1.82) is 0 Å². The molecule has 0 spiro atoms. The van der Waals surface area contributed by atoms with E-state index in [2.05, 4.69) is 20.9 Å². The van der Waals surface area contributed by atoms with Crippen LogP contribution in [0.1, 0.15) is 24.4 Å². The molecule has 6 heteroatoms. The molecule has 0 aliphatic carbocycles. The van der Waals surface area contributed by atoms with Crippen molar-refractivity contribution in [1.82, 2.24) is 20.9 Å². The number of nitrogens with one attached hydrogen (secondary N) is 3. The molecule has 0 radical (unpaired) electrons. The summed E-state index contributed by atoms with van der Waals surface area (Å²) in [4.78, 5) is 26.6. The Morgan fingerprint density at radius 2 is 2.00 bits per heavy atom. The first-order chi connectivity index (χ1) is 11.1. The van der Waals surface area contributed by atoms with E-state index in [1.54, 1.807) is 7.05 Å². The van der Waals surface area contributed by atoms with Crippen LogP contribution >= 0.6 is 0 Å². The van der Waals surface area contributed by atoms with E-state index in [0.717, 1.165) is 31.5 Å². The van der Waals surface area contributed by atoms with Crippen molar-refractivity contribution in [2.75, 3.05) is 33.7 Å². The summed E-state index contributed by atoms with van der Waals surface area (Å²) in [5, 5.41) is 8.73. The predicted octanol–water partition coefficient (Wildman–Crippen LogP) is 0.274. The van der Waals surface area contributed by atoms with Crippen molar-refractivity contribution in [3.63, 3.8) is 0 Å². The van der Waals surface area contributed by atoms with Crippen LogP contribution in [0, 0.1) is 0 Å². The Morgan fingerprint density at radius 1 is 1.26 bits per heavy atom. The molecule has 1 aromatic rings. The van der Waals surface area contributed by atoms with Crippen molar-refractivity contribution in [2.45, 2.75) is 24.9 Å². The quantitative estimate of drug-likeness (QED) is 0.704. The van der Waals surface area contributed by atoms with Gasteiger partial charge in [-0.15, -0.1) is 0 Å². The van der Waals surface area contributed by atoms with Crippen molar-refractivity contribution < 1.29 is 9.59 Å². The molecule has 23 heavy (non-hydrogen) atoms. The minimum atomic E-state index is -0.654. The summed E-state index contributed by atoms with van der Waals surface area (Å²) in [6, 6.07) is 9.08. The van der Waals surface area contributed by atoms with Crippen LogP contribution in [-0.2, 0) is 9.59 Å². The van der Waals surface area contributed by atoms with Crippen LogP contribution < -0.4 is 16.0 Å². The van der Waals surface area contributed by atoms with Crippen LogP contribution in [-0.4, -0.2) is 56.5 Å². The van der Waals surface area contributed by atoms with E-state index in [1.807, 2.05) is 37.4 Å². The largest absolute Gasteiger partial charge is 0.357 e. The highest BCUT2D eigenvalue weighted by molar-refractivity contribution is 5.89. The molecule has 3 N–H and O–H groups in total. The number of hydrogen-bond donors (Lipinski definition) is 3. The zero-order valence-electron chi connectivity index (χ0n) is 13.8. The molecule has 1 aliphatic heterocycles. The van der Waals surface area contributed by atoms with Crippen molar-refractivity contribution in [3.05, 3.63) is 35.9 Å². The SMILES string of the molecule is CNC(=O)C(NC(=O)CN1CCCC(NC)C1)c1ccccc1. The molecule has 1 heterocycles. The number of benzene rings is 1. The fourth-order valence-electron chi connectivity index (χ4n) is 2.93. The molecule has 2 rings (SSSR count). The zero-order valence-corrected chi connectivity index (χ0v) is 13.8. The molecule has 2 unspecified atom stereocenters. The van der Waals surface area contributed by atoms with E-state index in [4.69, 9.17) is 0 Å². The van der Waals surface area contributed by atoms with Crippen molar-refractivity contribution in [2.24, 2.45) is 0 Å². The number of hydrogen-bond acceptors (Lipinski definition) is 4. The molecule has 0 saturated carbocycles. The van der Waals surface area contributed by atoms with Crippen LogP contribution in [0.3, 0.4) is 0 Å². The van der Waals surface area contributed by atoms with Crippen LogP contribution in [0.4, 0.5) is 0 Å². The number of amides is 2. The summed E-state index contributed by atoms with van der Waals surface area (Å²) in [7, 11) is 3.53. The number of rotatable bonds is 6. The summed E-state index contributed by atoms with van der Waals surface area (Å²) in [5.41, 5.74) is 0.784. The third-order valence-corrected chi connectivity index (χ3v) is 4.23. The standard InChI is InChI=1S/C17H26N4O2/c1-18-14-9-6-10-21(11-14)12-15(22)20-16(17(23)19-2)13-7-4-3-5-8-13/h3-5,7-8,14,16,18H,6,9-12H2,1-2H3,(H,19,23)(H,20,22). The first-order valence-electron chi connectivity index (χ1n) is 8.09. The Labute approximate surface area is 137 Å². The van der Waals surface area contributed by atoms with Crippen LogP contribution in [0.25, 0.3) is 0 Å². The van der Waals surface area contributed by atoms with E-state index in [1.165, 1.54) is 0 Å². The minimum Gasteiger partial charge on any atom is -0.357 e. The van der Waals surface area contributed by atoms with Crippen LogP contribution in [0.2, 0.25) is 0 Å². The Bertz CT molecular complexity index is 521. The van der Waals surface area contributed by atoms with Gasteiger partial charge in [0.2, 0.25) is 11.8 Å². The number of carbonyl (C=O) groups excluding carboxylic acids is 2. The fraction of sp³-hybridized carbons (Fsp3) is 0.529. The van der Waals surface area contributed by atoms with Gasteiger partial charge in [0.05, 0.1) is 6.54 Å². The van der Waals surface area contributed by atoms with Gasteiger partial charge in [-0.3, -0.25) is 14.5 Å². The van der Waals surface area contributed by atoms with Crippen LogP contribution in [0.5, 0.6) is 0 Å². The van der Waals surface area contributed by atoms with Crippen molar-refractivity contribution in [3.8, 4) is 0 Å². The summed E-state index contributed by atoms with van der Waals surface area (Å²) < 4.78 is 0. The molecule has 0 aromatic heterocycles. The molecule has 1 fully saturated rings. The Morgan fingerprint density at radius 3 is 2.65 bits per heavy atom. The number of likely N-dealkylation sites (N-methyl/N-ethyl adjacent to an activating group) is 2. The van der Waals surface area contributed by atoms with E-state index in [0.29, 0.717) is 12.6 Å². The Kier molecular flexibility index (Phi) is 6.55. The summed E-state index contributed by atoms with van der Waals surface area (Å²) >= 11 is 0. The van der Waals surface area contributed by atoms with Gasteiger partial charge in [-0.2, -0.15) is 0 Å². The van der Waals surface area contributed by atoms with Gasteiger partial charge < -0.3 is 16.0 Å². The van der Waals surface area contributed by atoms with E-state index >= 15 is 0 Å². The highest BCUT2D eigenvalue weighted by Gasteiger charge is 2.24. The predicted molar refractivity (Wildman–Crippen MR) is 89.9 cm³/mol.